The van der Waals surface area contributed by atoms with E-state index in [1.165, 1.54) is 25.6 Å². The van der Waals surface area contributed by atoms with Crippen LogP contribution in [0, 0.1) is 5.82 Å². The Morgan fingerprint density at radius 1 is 1.20 bits per heavy atom. The first-order valence-corrected chi connectivity index (χ1v) is 8.87. The molecule has 9 heteroatoms. The maximum absolute atomic E-state index is 13.7. The van der Waals surface area contributed by atoms with Gasteiger partial charge in [-0.3, -0.25) is 19.0 Å². The molecule has 4 rings (SSSR count). The Hall–Kier alpha value is -4.01. The topological polar surface area (TPSA) is 101 Å². The van der Waals surface area contributed by atoms with Crippen molar-refractivity contribution in [3.8, 4) is 5.75 Å². The van der Waals surface area contributed by atoms with Gasteiger partial charge in [-0.15, -0.1) is 0 Å². The van der Waals surface area contributed by atoms with Crippen LogP contribution in [0.25, 0.3) is 22.1 Å². The number of carbonyl (C=O) groups is 2. The number of benzene rings is 2. The summed E-state index contributed by atoms with van der Waals surface area (Å²) >= 11 is 0. The summed E-state index contributed by atoms with van der Waals surface area (Å²) in [5, 5.41) is 0.691. The third-order valence-electron chi connectivity index (χ3n) is 4.49. The zero-order chi connectivity index (χ0) is 21.3. The maximum atomic E-state index is 13.7. The molecule has 0 aliphatic rings. The number of hydrogen-bond acceptors (Lipinski definition) is 7. The van der Waals surface area contributed by atoms with E-state index >= 15 is 0 Å². The molecule has 0 amide bonds. The molecule has 0 atom stereocenters. The van der Waals surface area contributed by atoms with Gasteiger partial charge in [-0.05, 0) is 30.3 Å². The molecule has 0 fully saturated rings. The summed E-state index contributed by atoms with van der Waals surface area (Å²) in [5.74, 6) is -2.12. The van der Waals surface area contributed by atoms with Crippen LogP contribution in [-0.4, -0.2) is 35.0 Å². The predicted octanol–water partition coefficient (Wildman–Crippen LogP) is 2.72. The van der Waals surface area contributed by atoms with Crippen molar-refractivity contribution in [2.75, 3.05) is 13.7 Å². The number of carbonyl (C=O) groups excluding carboxylic acids is 2. The minimum Gasteiger partial charge on any atom is -0.494 e. The first-order chi connectivity index (χ1) is 14.5. The number of methoxy groups -OCH3 is 1. The van der Waals surface area contributed by atoms with Crippen LogP contribution in [0.5, 0.6) is 5.75 Å². The number of aromatic nitrogens is 2. The molecule has 0 radical (unpaired) electrons. The summed E-state index contributed by atoms with van der Waals surface area (Å²) < 4.78 is 30.0. The van der Waals surface area contributed by atoms with Crippen molar-refractivity contribution in [3.05, 3.63) is 70.5 Å². The van der Waals surface area contributed by atoms with E-state index in [-0.39, 0.29) is 16.9 Å². The predicted molar refractivity (Wildman–Crippen MR) is 104 cm³/mol. The largest absolute Gasteiger partial charge is 0.494 e. The fourth-order valence-corrected chi connectivity index (χ4v) is 2.98. The third kappa shape index (κ3) is 3.52. The number of furan rings is 1. The van der Waals surface area contributed by atoms with Crippen LogP contribution in [-0.2, 0) is 16.1 Å². The number of fused-ring (bicyclic) bond motifs is 3. The van der Waals surface area contributed by atoms with E-state index in [1.807, 2.05) is 0 Å². The molecule has 0 aliphatic heterocycles. The Bertz CT molecular complexity index is 1340. The molecule has 0 saturated carbocycles. The fraction of sp³-hybridized carbons (Fsp3) is 0.143. The van der Waals surface area contributed by atoms with Gasteiger partial charge < -0.3 is 13.9 Å². The first-order valence-electron chi connectivity index (χ1n) is 8.87. The quantitative estimate of drug-likeness (QED) is 0.356. The lowest BCUT2D eigenvalue weighted by atomic mass is 10.1. The number of ketones is 1. The van der Waals surface area contributed by atoms with Gasteiger partial charge in [-0.25, -0.2) is 9.37 Å². The van der Waals surface area contributed by atoms with Crippen molar-refractivity contribution in [2.45, 2.75) is 6.54 Å². The second-order valence-corrected chi connectivity index (χ2v) is 6.39. The lowest BCUT2D eigenvalue weighted by Crippen LogP contribution is -2.26. The van der Waals surface area contributed by atoms with E-state index in [1.54, 1.807) is 24.3 Å². The summed E-state index contributed by atoms with van der Waals surface area (Å²) in [6.07, 6.45) is 1.22. The van der Waals surface area contributed by atoms with E-state index in [0.717, 1.165) is 10.6 Å². The average molecular weight is 410 g/mol. The van der Waals surface area contributed by atoms with Crippen molar-refractivity contribution in [1.29, 1.82) is 0 Å². The van der Waals surface area contributed by atoms with Crippen molar-refractivity contribution < 1.29 is 27.9 Å². The molecular formula is C21H15FN2O6. The molecule has 0 N–H and O–H groups in total. The van der Waals surface area contributed by atoms with Gasteiger partial charge in [0, 0.05) is 10.9 Å². The van der Waals surface area contributed by atoms with Crippen LogP contribution in [0.4, 0.5) is 4.39 Å². The fourth-order valence-electron chi connectivity index (χ4n) is 2.98. The molecule has 0 spiro atoms. The number of para-hydroxylation sites is 1. The van der Waals surface area contributed by atoms with Gasteiger partial charge in [0.25, 0.3) is 5.56 Å². The molecule has 152 valence electrons. The van der Waals surface area contributed by atoms with Crippen LogP contribution in [0.2, 0.25) is 0 Å². The van der Waals surface area contributed by atoms with Crippen molar-refractivity contribution in [1.82, 2.24) is 9.55 Å². The highest BCUT2D eigenvalue weighted by molar-refractivity contribution is 6.01. The Kier molecular flexibility index (Phi) is 5.01. The standard InChI is InChI=1S/C21H15FN2O6/c1-28-17-7-6-12(8-14(17)22)15(25)10-29-18(26)9-24-11-23-19-13-4-2-3-5-16(13)30-20(19)21(24)27/h2-8,11H,9-10H2,1H3. The summed E-state index contributed by atoms with van der Waals surface area (Å²) in [4.78, 5) is 41.0. The second-order valence-electron chi connectivity index (χ2n) is 6.39. The van der Waals surface area contributed by atoms with E-state index in [9.17, 15) is 18.8 Å². The number of nitrogens with zero attached hydrogens (tertiary/aromatic N) is 2. The average Bonchev–Trinajstić information content (AvgIpc) is 3.13. The highest BCUT2D eigenvalue weighted by Crippen LogP contribution is 2.24. The zero-order valence-electron chi connectivity index (χ0n) is 15.8. The van der Waals surface area contributed by atoms with E-state index in [0.29, 0.717) is 16.5 Å². The summed E-state index contributed by atoms with van der Waals surface area (Å²) in [6, 6.07) is 10.7. The number of halogens is 1. The molecule has 0 unspecified atom stereocenters. The molecule has 2 aromatic carbocycles. The Balaban J connectivity index is 1.46. The minimum absolute atomic E-state index is 0.00333. The van der Waals surface area contributed by atoms with E-state index in [4.69, 9.17) is 13.9 Å². The molecule has 30 heavy (non-hydrogen) atoms. The first kappa shape index (κ1) is 19.3. The van der Waals surface area contributed by atoms with Crippen molar-refractivity contribution >= 4 is 33.8 Å². The normalized spacial score (nSPS) is 11.0. The van der Waals surface area contributed by atoms with E-state index in [2.05, 4.69) is 4.98 Å². The third-order valence-corrected chi connectivity index (χ3v) is 4.49. The van der Waals surface area contributed by atoms with E-state index < -0.39 is 36.3 Å². The zero-order valence-corrected chi connectivity index (χ0v) is 15.8. The molecule has 2 heterocycles. The molecule has 0 bridgehead atoms. The van der Waals surface area contributed by atoms with Crippen LogP contribution in [0.15, 0.2) is 58.0 Å². The highest BCUT2D eigenvalue weighted by atomic mass is 19.1. The molecular weight excluding hydrogens is 395 g/mol. The van der Waals surface area contributed by atoms with Crippen molar-refractivity contribution in [3.63, 3.8) is 0 Å². The molecule has 0 aliphatic carbocycles. The summed E-state index contributed by atoms with van der Waals surface area (Å²) in [5.41, 5.74) is 0.420. The molecule has 8 nitrogen and oxygen atoms in total. The van der Waals surface area contributed by atoms with Gasteiger partial charge in [0.15, 0.2) is 24.0 Å². The van der Waals surface area contributed by atoms with Gasteiger partial charge in [-0.1, -0.05) is 12.1 Å². The lowest BCUT2D eigenvalue weighted by Gasteiger charge is -2.07. The van der Waals surface area contributed by atoms with Gasteiger partial charge in [0.2, 0.25) is 5.58 Å². The van der Waals surface area contributed by atoms with Crippen LogP contribution in [0.3, 0.4) is 0 Å². The minimum atomic E-state index is -0.823. The van der Waals surface area contributed by atoms with Gasteiger partial charge in [0.1, 0.15) is 17.6 Å². The molecule has 0 saturated heterocycles. The second kappa shape index (κ2) is 7.78. The van der Waals surface area contributed by atoms with Crippen LogP contribution in [0.1, 0.15) is 10.4 Å². The number of esters is 1. The Labute approximate surface area is 168 Å². The van der Waals surface area contributed by atoms with Gasteiger partial charge in [-0.2, -0.15) is 0 Å². The Morgan fingerprint density at radius 3 is 2.77 bits per heavy atom. The van der Waals surface area contributed by atoms with Crippen LogP contribution < -0.4 is 10.3 Å². The summed E-state index contributed by atoms with van der Waals surface area (Å²) in [6.45, 7) is -1.05. The van der Waals surface area contributed by atoms with Gasteiger partial charge >= 0.3 is 5.97 Å². The highest BCUT2D eigenvalue weighted by Gasteiger charge is 2.16. The number of rotatable bonds is 6. The SMILES string of the molecule is COc1ccc(C(=O)COC(=O)Cn2cnc3c(oc4ccccc43)c2=O)cc1F. The Morgan fingerprint density at radius 2 is 2.00 bits per heavy atom. The number of hydrogen-bond donors (Lipinski definition) is 0. The maximum Gasteiger partial charge on any atom is 0.326 e. The monoisotopic (exact) mass is 410 g/mol. The van der Waals surface area contributed by atoms with Crippen LogP contribution >= 0.6 is 0 Å². The number of Topliss-reactive ketones (excluding diaryl/α,β-unsaturated/α-hetero) is 1. The molecule has 2 aromatic heterocycles. The smallest absolute Gasteiger partial charge is 0.326 e. The summed E-state index contributed by atoms with van der Waals surface area (Å²) in [7, 11) is 1.31. The lowest BCUT2D eigenvalue weighted by molar-refractivity contribution is -0.143. The van der Waals surface area contributed by atoms with Gasteiger partial charge in [0.05, 0.1) is 13.4 Å². The van der Waals surface area contributed by atoms with Crippen molar-refractivity contribution in [2.24, 2.45) is 0 Å². The number of ether oxygens (including phenoxy) is 2. The molecule has 4 aromatic rings.